The van der Waals surface area contributed by atoms with Gasteiger partial charge in [-0.2, -0.15) is 0 Å². The quantitative estimate of drug-likeness (QED) is 0.781. The first-order valence-corrected chi connectivity index (χ1v) is 12.3. The van der Waals surface area contributed by atoms with Crippen molar-refractivity contribution >= 4 is 27.0 Å². The fraction of sp³-hybridized carbons (Fsp3) is 0.250. The van der Waals surface area contributed by atoms with Crippen molar-refractivity contribution in [1.82, 2.24) is 0 Å². The third-order valence-corrected chi connectivity index (χ3v) is 10.6. The van der Waals surface area contributed by atoms with Crippen LogP contribution in [-0.4, -0.2) is 16.6 Å². The predicted molar refractivity (Wildman–Crippen MR) is 88.1 cm³/mol. The van der Waals surface area contributed by atoms with Gasteiger partial charge in [-0.15, -0.1) is 0 Å². The highest BCUT2D eigenvalue weighted by Gasteiger charge is 2.38. The fourth-order valence-corrected chi connectivity index (χ4v) is 10.3. The second-order valence-corrected chi connectivity index (χ2v) is 13.6. The molecule has 2 aromatic rings. The van der Waals surface area contributed by atoms with Gasteiger partial charge in [-0.3, -0.25) is 0 Å². The van der Waals surface area contributed by atoms with Crippen molar-refractivity contribution in [3.8, 4) is 0 Å². The highest BCUT2D eigenvalue weighted by atomic mass is 28.4. The molecule has 0 atom stereocenters. The van der Waals surface area contributed by atoms with E-state index in [1.54, 1.807) is 26.2 Å². The first kappa shape index (κ1) is 9.66. The zero-order chi connectivity index (χ0) is 20.9. The van der Waals surface area contributed by atoms with Gasteiger partial charge in [0.05, 0.1) is 8.22 Å². The minimum absolute atomic E-state index is 0.0452. The number of rotatable bonds is 4. The molecule has 0 saturated heterocycles. The molecule has 0 fully saturated rings. The summed E-state index contributed by atoms with van der Waals surface area (Å²) in [5, 5.41) is 0.0903. The van der Waals surface area contributed by atoms with Gasteiger partial charge in [-0.05, 0) is 38.3 Å². The molecule has 0 aliphatic carbocycles. The van der Waals surface area contributed by atoms with E-state index in [1.165, 1.54) is 12.1 Å². The largest absolute Gasteiger partial charge is 0.449 e. The molecule has 0 heterocycles. The molecule has 5 heteroatoms. The van der Waals surface area contributed by atoms with E-state index in [2.05, 4.69) is 0 Å². The van der Waals surface area contributed by atoms with Gasteiger partial charge in [-0.1, -0.05) is 36.3 Å². The lowest BCUT2D eigenvalue weighted by Crippen LogP contribution is -2.59. The average molecular weight is 329 g/mol. The molecular weight excluding hydrogens is 302 g/mol. The summed E-state index contributed by atoms with van der Waals surface area (Å²) in [6, 6.07) is -0.568. The average Bonchev–Trinajstić information content (AvgIpc) is 2.56. The Morgan fingerprint density at radius 3 is 1.57 bits per heavy atom. The molecule has 2 rings (SSSR count). The van der Waals surface area contributed by atoms with Crippen molar-refractivity contribution in [2.75, 3.05) is 0 Å². The van der Waals surface area contributed by atoms with E-state index < -0.39 is 52.4 Å². The molecule has 0 unspecified atom stereocenters. The van der Waals surface area contributed by atoms with Crippen LogP contribution in [0.5, 0.6) is 0 Å². The van der Waals surface area contributed by atoms with Gasteiger partial charge in [0.15, 0.2) is 0 Å². The maximum Gasteiger partial charge on any atom is 0.209 e. The van der Waals surface area contributed by atoms with Gasteiger partial charge in [0, 0.05) is 10.4 Å². The third-order valence-electron chi connectivity index (χ3n) is 3.20. The lowest BCUT2D eigenvalue weighted by atomic mass is 10.3. The maximum absolute atomic E-state index is 14.6. The van der Waals surface area contributed by atoms with Crippen molar-refractivity contribution in [3.05, 3.63) is 60.0 Å². The molecule has 0 saturated carbocycles. The Kier molecular flexibility index (Phi) is 2.68. The van der Waals surface area contributed by atoms with E-state index in [0.29, 0.717) is 0 Å². The smallest absolute Gasteiger partial charge is 0.209 e. The molecule has 112 valence electrons. The van der Waals surface area contributed by atoms with Crippen molar-refractivity contribution in [2.24, 2.45) is 0 Å². The van der Waals surface area contributed by atoms with Crippen LogP contribution in [-0.2, 0) is 4.12 Å². The van der Waals surface area contributed by atoms with Crippen LogP contribution < -0.4 is 10.4 Å². The first-order valence-electron chi connectivity index (χ1n) is 9.44. The minimum Gasteiger partial charge on any atom is -0.449 e. The number of hydrogen-bond donors (Lipinski definition) is 0. The summed E-state index contributed by atoms with van der Waals surface area (Å²) in [7, 11) is -6.14. The van der Waals surface area contributed by atoms with E-state index >= 15 is 0 Å². The summed E-state index contributed by atoms with van der Waals surface area (Å²) in [5.41, 5.74) is 0. The summed E-state index contributed by atoms with van der Waals surface area (Å²) >= 11 is 0. The van der Waals surface area contributed by atoms with E-state index in [1.807, 2.05) is 0 Å². The third kappa shape index (κ3) is 3.48. The maximum atomic E-state index is 14.6. The van der Waals surface area contributed by atoms with Crippen LogP contribution in [0.25, 0.3) is 0 Å². The molecule has 21 heavy (non-hydrogen) atoms. The predicted octanol–water partition coefficient (Wildman–Crippen LogP) is 3.51. The summed E-state index contributed by atoms with van der Waals surface area (Å²) < 4.78 is 81.4. The van der Waals surface area contributed by atoms with E-state index in [-0.39, 0.29) is 22.5 Å². The standard InChI is InChI=1S/C16H20F2OSi2/c1-20(2,15-11-7-5-9-13(15)17)19-21(3,4)16-12-8-6-10-14(16)18/h5-12H,1-4H3/i5D,6D,7D,8D,9D,10D. The van der Waals surface area contributed by atoms with Crippen LogP contribution in [0.2, 0.25) is 26.2 Å². The molecule has 0 aliphatic heterocycles. The Morgan fingerprint density at radius 1 is 0.810 bits per heavy atom. The van der Waals surface area contributed by atoms with E-state index in [4.69, 9.17) is 12.3 Å². The van der Waals surface area contributed by atoms with Gasteiger partial charge in [0.1, 0.15) is 11.6 Å². The first-order chi connectivity index (χ1) is 12.2. The summed E-state index contributed by atoms with van der Waals surface area (Å²) in [5.74, 6) is -1.83. The molecule has 0 spiro atoms. The molecule has 0 amide bonds. The topological polar surface area (TPSA) is 9.23 Å². The molecule has 0 aromatic heterocycles. The minimum atomic E-state index is -3.07. The highest BCUT2D eigenvalue weighted by Crippen LogP contribution is 2.17. The van der Waals surface area contributed by atoms with Gasteiger partial charge < -0.3 is 4.12 Å². The molecule has 0 N–H and O–H groups in total. The summed E-state index contributed by atoms with van der Waals surface area (Å²) in [6.45, 7) is 6.62. The van der Waals surface area contributed by atoms with E-state index in [0.717, 1.165) is 0 Å². The van der Waals surface area contributed by atoms with Crippen LogP contribution in [0.4, 0.5) is 8.78 Å². The number of hydrogen-bond acceptors (Lipinski definition) is 1. The Morgan fingerprint density at radius 2 is 1.19 bits per heavy atom. The highest BCUT2D eigenvalue weighted by molar-refractivity contribution is 6.96. The molecule has 2 aromatic carbocycles. The second-order valence-electron chi connectivity index (χ2n) is 5.66. The molecule has 1 nitrogen and oxygen atoms in total. The van der Waals surface area contributed by atoms with Crippen LogP contribution in [0, 0.1) is 11.6 Å². The Labute approximate surface area is 135 Å². The Hall–Kier alpha value is -1.31. The van der Waals surface area contributed by atoms with Crippen molar-refractivity contribution in [1.29, 1.82) is 0 Å². The van der Waals surface area contributed by atoms with Crippen LogP contribution in [0.15, 0.2) is 48.4 Å². The zero-order valence-corrected chi connectivity index (χ0v) is 14.3. The summed E-state index contributed by atoms with van der Waals surface area (Å²) in [6.07, 6.45) is 0. The molecule has 0 aliphatic rings. The van der Waals surface area contributed by atoms with Crippen molar-refractivity contribution in [3.63, 3.8) is 0 Å². The van der Waals surface area contributed by atoms with Gasteiger partial charge in [-0.25, -0.2) is 8.78 Å². The van der Waals surface area contributed by atoms with Crippen LogP contribution >= 0.6 is 0 Å². The zero-order valence-electron chi connectivity index (χ0n) is 18.3. The Balaban J connectivity index is 2.55. The van der Waals surface area contributed by atoms with Crippen LogP contribution in [0.3, 0.4) is 0 Å². The normalized spacial score (nSPS) is 16.5. The van der Waals surface area contributed by atoms with Gasteiger partial charge in [0.25, 0.3) is 0 Å². The second kappa shape index (κ2) is 5.83. The molecule has 0 bridgehead atoms. The molecule has 0 radical (unpaired) electrons. The van der Waals surface area contributed by atoms with Crippen LogP contribution in [0.1, 0.15) is 8.22 Å². The lowest BCUT2D eigenvalue weighted by Gasteiger charge is -2.34. The SMILES string of the molecule is [2H]c1cc([Si](C)(C)O[Si](C)(C)c2cc([2H])c([2H])c([2H])c2F)c(F)c([2H])c1[2H]. The van der Waals surface area contributed by atoms with Crippen molar-refractivity contribution in [2.45, 2.75) is 26.2 Å². The molecular formula is C16H20F2OSi2. The fourth-order valence-electron chi connectivity index (χ4n) is 2.28. The lowest BCUT2D eigenvalue weighted by molar-refractivity contribution is 0.559. The Bertz CT molecular complexity index is 847. The summed E-state index contributed by atoms with van der Waals surface area (Å²) in [4.78, 5) is 0. The van der Waals surface area contributed by atoms with Gasteiger partial charge >= 0.3 is 0 Å². The number of halogens is 2. The van der Waals surface area contributed by atoms with E-state index in [9.17, 15) is 8.78 Å². The van der Waals surface area contributed by atoms with Crippen molar-refractivity contribution < 1.29 is 21.1 Å². The number of benzene rings is 2. The monoisotopic (exact) mass is 328 g/mol. The van der Waals surface area contributed by atoms with Gasteiger partial charge in [0.2, 0.25) is 16.6 Å².